The molecule has 0 aliphatic heterocycles. The maximum atomic E-state index is 9.13. The number of aryl methyl sites for hydroxylation is 2. The topological polar surface area (TPSA) is 41.5 Å². The number of aliphatic hydroxyl groups excluding tert-OH is 1. The number of methoxy groups -OCH3 is 1. The second-order valence-electron chi connectivity index (χ2n) is 4.44. The Bertz CT molecular complexity index is 388. The Labute approximate surface area is 104 Å². The molecule has 1 aromatic rings. The van der Waals surface area contributed by atoms with E-state index in [-0.39, 0.29) is 12.6 Å². The summed E-state index contributed by atoms with van der Waals surface area (Å²) < 4.78 is 5.55. The molecule has 0 saturated heterocycles. The first-order valence-corrected chi connectivity index (χ1v) is 5.99. The molecule has 0 radical (unpaired) electrons. The average Bonchev–Trinajstić information content (AvgIpc) is 2.31. The lowest BCUT2D eigenvalue weighted by atomic mass is 9.93. The molecular weight excluding hydrogens is 214 g/mol. The monoisotopic (exact) mass is 237 g/mol. The van der Waals surface area contributed by atoms with Gasteiger partial charge >= 0.3 is 0 Å². The fourth-order valence-corrected chi connectivity index (χ4v) is 2.33. The molecule has 3 heteroatoms. The Balaban J connectivity index is 3.34. The lowest BCUT2D eigenvalue weighted by Gasteiger charge is -2.23. The Morgan fingerprint density at radius 1 is 1.29 bits per heavy atom. The van der Waals surface area contributed by atoms with Gasteiger partial charge in [0, 0.05) is 18.2 Å². The van der Waals surface area contributed by atoms with Crippen LogP contribution >= 0.6 is 0 Å². The average molecular weight is 237 g/mol. The van der Waals surface area contributed by atoms with Crippen molar-refractivity contribution >= 4 is 0 Å². The van der Waals surface area contributed by atoms with Crippen LogP contribution in [0.1, 0.15) is 34.7 Å². The molecule has 0 aliphatic rings. The van der Waals surface area contributed by atoms with Crippen molar-refractivity contribution in [2.75, 3.05) is 20.8 Å². The first-order chi connectivity index (χ1) is 8.06. The zero-order chi connectivity index (χ0) is 13.0. The fraction of sp³-hybridized carbons (Fsp3) is 0.571. The number of hydrogen-bond donors (Lipinski definition) is 2. The maximum Gasteiger partial charge on any atom is 0.127 e. The molecule has 1 atom stereocenters. The number of benzene rings is 1. The van der Waals surface area contributed by atoms with E-state index in [0.717, 1.165) is 11.3 Å². The molecule has 2 N–H and O–H groups in total. The van der Waals surface area contributed by atoms with Gasteiger partial charge in [0.1, 0.15) is 5.75 Å². The molecule has 17 heavy (non-hydrogen) atoms. The summed E-state index contributed by atoms with van der Waals surface area (Å²) in [5, 5.41) is 12.4. The van der Waals surface area contributed by atoms with Gasteiger partial charge in [-0.15, -0.1) is 0 Å². The van der Waals surface area contributed by atoms with Crippen molar-refractivity contribution in [3.63, 3.8) is 0 Å². The first kappa shape index (κ1) is 14.0. The van der Waals surface area contributed by atoms with Crippen LogP contribution in [-0.4, -0.2) is 25.9 Å². The Kier molecular flexibility index (Phi) is 4.97. The van der Waals surface area contributed by atoms with Crippen molar-refractivity contribution in [1.29, 1.82) is 0 Å². The minimum absolute atomic E-state index is 0.134. The predicted octanol–water partition coefficient (Wildman–Crippen LogP) is 2.26. The van der Waals surface area contributed by atoms with Crippen molar-refractivity contribution in [3.05, 3.63) is 28.3 Å². The zero-order valence-corrected chi connectivity index (χ0v) is 11.4. The number of hydrogen-bond acceptors (Lipinski definition) is 3. The molecular formula is C14H23NO2. The molecule has 0 saturated carbocycles. The third-order valence-electron chi connectivity index (χ3n) is 3.35. The number of rotatable bonds is 5. The summed E-state index contributed by atoms with van der Waals surface area (Å²) >= 11 is 0. The minimum Gasteiger partial charge on any atom is -0.496 e. The highest BCUT2D eigenvalue weighted by Gasteiger charge is 2.19. The third-order valence-corrected chi connectivity index (χ3v) is 3.35. The summed E-state index contributed by atoms with van der Waals surface area (Å²) in [4.78, 5) is 0. The van der Waals surface area contributed by atoms with Gasteiger partial charge in [-0.05, 0) is 50.9 Å². The van der Waals surface area contributed by atoms with Gasteiger partial charge < -0.3 is 15.2 Å². The highest BCUT2D eigenvalue weighted by Crippen LogP contribution is 2.35. The summed E-state index contributed by atoms with van der Waals surface area (Å²) in [5.74, 6) is 0.940. The van der Waals surface area contributed by atoms with Gasteiger partial charge in [0.15, 0.2) is 0 Å². The van der Waals surface area contributed by atoms with E-state index in [1.807, 2.05) is 7.05 Å². The van der Waals surface area contributed by atoms with E-state index in [4.69, 9.17) is 9.84 Å². The van der Waals surface area contributed by atoms with E-state index in [1.54, 1.807) is 7.11 Å². The summed E-state index contributed by atoms with van der Waals surface area (Å²) in [6, 6.07) is 2.31. The summed E-state index contributed by atoms with van der Waals surface area (Å²) in [6.07, 6.45) is 0.691. The van der Waals surface area contributed by atoms with Crippen LogP contribution in [-0.2, 0) is 0 Å². The fourth-order valence-electron chi connectivity index (χ4n) is 2.33. The molecule has 0 heterocycles. The highest BCUT2D eigenvalue weighted by molar-refractivity contribution is 5.51. The second kappa shape index (κ2) is 6.03. The van der Waals surface area contributed by atoms with Crippen LogP contribution in [0.2, 0.25) is 0 Å². The zero-order valence-electron chi connectivity index (χ0n) is 11.4. The molecule has 96 valence electrons. The van der Waals surface area contributed by atoms with Crippen molar-refractivity contribution in [2.45, 2.75) is 33.2 Å². The van der Waals surface area contributed by atoms with E-state index in [1.165, 1.54) is 16.7 Å². The van der Waals surface area contributed by atoms with Crippen molar-refractivity contribution in [1.82, 2.24) is 5.32 Å². The summed E-state index contributed by atoms with van der Waals surface area (Å²) in [7, 11) is 3.62. The van der Waals surface area contributed by atoms with Crippen LogP contribution < -0.4 is 10.1 Å². The SMILES string of the molecule is CNC(CCO)c1c(C)cc(C)c(C)c1OC. The van der Waals surface area contributed by atoms with Gasteiger partial charge in [-0.1, -0.05) is 6.07 Å². The minimum atomic E-state index is 0.134. The van der Waals surface area contributed by atoms with Crippen molar-refractivity contribution in [2.24, 2.45) is 0 Å². The van der Waals surface area contributed by atoms with Crippen molar-refractivity contribution in [3.8, 4) is 5.75 Å². The van der Waals surface area contributed by atoms with E-state index in [9.17, 15) is 0 Å². The Morgan fingerprint density at radius 2 is 1.94 bits per heavy atom. The predicted molar refractivity (Wildman–Crippen MR) is 70.7 cm³/mol. The molecule has 1 rings (SSSR count). The van der Waals surface area contributed by atoms with Crippen LogP contribution in [0.4, 0.5) is 0 Å². The smallest absolute Gasteiger partial charge is 0.127 e. The highest BCUT2D eigenvalue weighted by atomic mass is 16.5. The molecule has 0 amide bonds. The van der Waals surface area contributed by atoms with Gasteiger partial charge in [0.2, 0.25) is 0 Å². The molecule has 1 unspecified atom stereocenters. The lowest BCUT2D eigenvalue weighted by Crippen LogP contribution is -2.20. The van der Waals surface area contributed by atoms with E-state index in [2.05, 4.69) is 32.2 Å². The third kappa shape index (κ3) is 2.79. The Hall–Kier alpha value is -1.06. The van der Waals surface area contributed by atoms with Gasteiger partial charge in [-0.25, -0.2) is 0 Å². The number of aliphatic hydroxyl groups is 1. The molecule has 0 bridgehead atoms. The molecule has 0 aromatic heterocycles. The van der Waals surface area contributed by atoms with Crippen LogP contribution in [0.3, 0.4) is 0 Å². The number of ether oxygens (including phenoxy) is 1. The molecule has 3 nitrogen and oxygen atoms in total. The largest absolute Gasteiger partial charge is 0.496 e. The summed E-state index contributed by atoms with van der Waals surface area (Å²) in [6.45, 7) is 6.42. The molecule has 1 aromatic carbocycles. The van der Waals surface area contributed by atoms with E-state index >= 15 is 0 Å². The van der Waals surface area contributed by atoms with Crippen molar-refractivity contribution < 1.29 is 9.84 Å². The van der Waals surface area contributed by atoms with Crippen LogP contribution in [0, 0.1) is 20.8 Å². The van der Waals surface area contributed by atoms with Crippen LogP contribution in [0.25, 0.3) is 0 Å². The second-order valence-corrected chi connectivity index (χ2v) is 4.44. The van der Waals surface area contributed by atoms with Crippen LogP contribution in [0.5, 0.6) is 5.75 Å². The standard InChI is InChI=1S/C14H23NO2/c1-9-8-10(2)13(12(15-4)6-7-16)14(17-5)11(9)3/h8,12,15-16H,6-7H2,1-5H3. The van der Waals surface area contributed by atoms with Crippen LogP contribution in [0.15, 0.2) is 6.07 Å². The molecule has 0 spiro atoms. The van der Waals surface area contributed by atoms with Gasteiger partial charge in [0.25, 0.3) is 0 Å². The Morgan fingerprint density at radius 3 is 2.41 bits per heavy atom. The van der Waals surface area contributed by atoms with Gasteiger partial charge in [-0.2, -0.15) is 0 Å². The maximum absolute atomic E-state index is 9.13. The normalized spacial score (nSPS) is 12.6. The molecule has 0 fully saturated rings. The molecule has 0 aliphatic carbocycles. The quantitative estimate of drug-likeness (QED) is 0.825. The van der Waals surface area contributed by atoms with Gasteiger partial charge in [0.05, 0.1) is 7.11 Å². The van der Waals surface area contributed by atoms with E-state index < -0.39 is 0 Å². The van der Waals surface area contributed by atoms with Gasteiger partial charge in [-0.3, -0.25) is 0 Å². The lowest BCUT2D eigenvalue weighted by molar-refractivity contribution is 0.266. The number of nitrogens with one attached hydrogen (secondary N) is 1. The summed E-state index contributed by atoms with van der Waals surface area (Å²) in [5.41, 5.74) is 4.78. The van der Waals surface area contributed by atoms with E-state index in [0.29, 0.717) is 6.42 Å². The first-order valence-electron chi connectivity index (χ1n) is 5.99.